The van der Waals surface area contributed by atoms with Gasteiger partial charge in [0.2, 0.25) is 5.91 Å². The van der Waals surface area contributed by atoms with Crippen LogP contribution < -0.4 is 5.73 Å². The summed E-state index contributed by atoms with van der Waals surface area (Å²) < 4.78 is 0. The molecule has 3 nitrogen and oxygen atoms in total. The molecule has 1 saturated heterocycles. The quantitative estimate of drug-likeness (QED) is 0.781. The molecule has 2 atom stereocenters. The molecule has 0 radical (unpaired) electrons. The van der Waals surface area contributed by atoms with Gasteiger partial charge in [0.25, 0.3) is 0 Å². The summed E-state index contributed by atoms with van der Waals surface area (Å²) in [7, 11) is 0. The first-order valence-corrected chi connectivity index (χ1v) is 6.28. The van der Waals surface area contributed by atoms with E-state index in [1.165, 1.54) is 0 Å². The lowest BCUT2D eigenvalue weighted by molar-refractivity contribution is -0.134. The van der Waals surface area contributed by atoms with Gasteiger partial charge in [-0.05, 0) is 23.7 Å². The van der Waals surface area contributed by atoms with Crippen molar-refractivity contribution in [1.82, 2.24) is 4.90 Å². The highest BCUT2D eigenvalue weighted by Crippen LogP contribution is 2.26. The molecule has 0 aromatic carbocycles. The van der Waals surface area contributed by atoms with E-state index in [0.29, 0.717) is 11.8 Å². The third-order valence-electron chi connectivity index (χ3n) is 3.68. The number of amides is 1. The van der Waals surface area contributed by atoms with E-state index in [1.54, 1.807) is 0 Å². The van der Waals surface area contributed by atoms with Crippen LogP contribution in [0.5, 0.6) is 0 Å². The van der Waals surface area contributed by atoms with E-state index in [1.807, 2.05) is 25.7 Å². The maximum atomic E-state index is 12.2. The molecule has 0 aliphatic carbocycles. The van der Waals surface area contributed by atoms with Gasteiger partial charge in [0, 0.05) is 13.1 Å². The molecule has 0 bridgehead atoms. The fraction of sp³-hybridized carbons (Fsp3) is 0.923. The van der Waals surface area contributed by atoms with Crippen LogP contribution in [0.1, 0.15) is 41.0 Å². The van der Waals surface area contributed by atoms with Crippen molar-refractivity contribution in [2.75, 3.05) is 13.1 Å². The van der Waals surface area contributed by atoms with Gasteiger partial charge in [-0.1, -0.05) is 34.6 Å². The number of hydrogen-bond acceptors (Lipinski definition) is 2. The highest BCUT2D eigenvalue weighted by atomic mass is 16.2. The largest absolute Gasteiger partial charge is 0.341 e. The molecule has 94 valence electrons. The number of carbonyl (C=O) groups excluding carboxylic acids is 1. The second kappa shape index (κ2) is 4.74. The lowest BCUT2D eigenvalue weighted by Gasteiger charge is -2.30. The molecule has 16 heavy (non-hydrogen) atoms. The zero-order chi connectivity index (χ0) is 12.5. The summed E-state index contributed by atoms with van der Waals surface area (Å²) in [5.41, 5.74) is 5.86. The van der Waals surface area contributed by atoms with E-state index >= 15 is 0 Å². The number of hydrogen-bond donors (Lipinski definition) is 1. The van der Waals surface area contributed by atoms with Crippen molar-refractivity contribution in [3.05, 3.63) is 0 Å². The summed E-state index contributed by atoms with van der Waals surface area (Å²) in [5, 5.41) is 0. The first-order valence-electron chi connectivity index (χ1n) is 6.28. The Labute approximate surface area is 99.4 Å². The van der Waals surface area contributed by atoms with Gasteiger partial charge < -0.3 is 10.6 Å². The second-order valence-corrected chi connectivity index (χ2v) is 6.42. The van der Waals surface area contributed by atoms with Crippen molar-refractivity contribution in [2.45, 2.75) is 47.1 Å². The van der Waals surface area contributed by atoms with Crippen LogP contribution >= 0.6 is 0 Å². The van der Waals surface area contributed by atoms with Crippen LogP contribution in [0.15, 0.2) is 0 Å². The van der Waals surface area contributed by atoms with E-state index < -0.39 is 0 Å². The Kier molecular flexibility index (Phi) is 4.00. The van der Waals surface area contributed by atoms with Gasteiger partial charge in [0.05, 0.1) is 6.04 Å². The minimum atomic E-state index is -0.376. The van der Waals surface area contributed by atoms with Crippen LogP contribution in [0, 0.1) is 17.3 Å². The Balaban J connectivity index is 2.58. The van der Waals surface area contributed by atoms with Gasteiger partial charge in [-0.25, -0.2) is 0 Å². The molecule has 1 heterocycles. The van der Waals surface area contributed by atoms with Crippen molar-refractivity contribution < 1.29 is 4.79 Å². The Hall–Kier alpha value is -0.570. The van der Waals surface area contributed by atoms with Gasteiger partial charge in [0.1, 0.15) is 0 Å². The normalized spacial score (nSPS) is 23.9. The Bertz CT molecular complexity index is 255. The SMILES string of the molecule is CC(C)C1CCN(C(=O)[C@@H](N)C(C)(C)C)C1. The number of carbonyl (C=O) groups is 1. The predicted octanol–water partition coefficient (Wildman–Crippen LogP) is 1.86. The molecule has 1 amide bonds. The van der Waals surface area contributed by atoms with Gasteiger partial charge in [-0.3, -0.25) is 4.79 Å². The lowest BCUT2D eigenvalue weighted by Crippen LogP contribution is -2.49. The van der Waals surface area contributed by atoms with Gasteiger partial charge in [0.15, 0.2) is 0 Å². The van der Waals surface area contributed by atoms with Crippen molar-refractivity contribution in [3.63, 3.8) is 0 Å². The number of nitrogens with two attached hydrogens (primary N) is 1. The molecule has 3 heteroatoms. The zero-order valence-electron chi connectivity index (χ0n) is 11.3. The summed E-state index contributed by atoms with van der Waals surface area (Å²) in [6.45, 7) is 12.3. The summed E-state index contributed by atoms with van der Waals surface area (Å²) in [5.74, 6) is 1.43. The smallest absolute Gasteiger partial charge is 0.240 e. The molecular weight excluding hydrogens is 200 g/mol. The van der Waals surface area contributed by atoms with E-state index in [0.717, 1.165) is 19.5 Å². The minimum absolute atomic E-state index is 0.121. The molecular formula is C13H26N2O. The van der Waals surface area contributed by atoms with Crippen LogP contribution in [-0.2, 0) is 4.79 Å². The molecule has 0 aromatic rings. The maximum absolute atomic E-state index is 12.2. The Morgan fingerprint density at radius 1 is 1.38 bits per heavy atom. The predicted molar refractivity (Wildman–Crippen MR) is 67.0 cm³/mol. The number of rotatable bonds is 2. The zero-order valence-corrected chi connectivity index (χ0v) is 11.3. The van der Waals surface area contributed by atoms with Crippen molar-refractivity contribution in [1.29, 1.82) is 0 Å². The first-order chi connectivity index (χ1) is 7.23. The molecule has 1 rings (SSSR count). The van der Waals surface area contributed by atoms with E-state index in [9.17, 15) is 4.79 Å². The number of nitrogens with zero attached hydrogens (tertiary/aromatic N) is 1. The fourth-order valence-electron chi connectivity index (χ4n) is 2.10. The maximum Gasteiger partial charge on any atom is 0.240 e. The minimum Gasteiger partial charge on any atom is -0.341 e. The van der Waals surface area contributed by atoms with Gasteiger partial charge >= 0.3 is 0 Å². The van der Waals surface area contributed by atoms with Crippen LogP contribution in [0.3, 0.4) is 0 Å². The molecule has 1 aliphatic rings. The van der Waals surface area contributed by atoms with E-state index in [2.05, 4.69) is 13.8 Å². The van der Waals surface area contributed by atoms with Crippen LogP contribution in [0.4, 0.5) is 0 Å². The average Bonchev–Trinajstić information content (AvgIpc) is 2.62. The molecule has 0 spiro atoms. The summed E-state index contributed by atoms with van der Waals surface area (Å²) >= 11 is 0. The fourth-order valence-corrected chi connectivity index (χ4v) is 2.10. The average molecular weight is 226 g/mol. The van der Waals surface area contributed by atoms with Crippen molar-refractivity contribution in [2.24, 2.45) is 23.0 Å². The van der Waals surface area contributed by atoms with Crippen molar-refractivity contribution in [3.8, 4) is 0 Å². The van der Waals surface area contributed by atoms with Crippen LogP contribution in [0.2, 0.25) is 0 Å². The van der Waals surface area contributed by atoms with Crippen LogP contribution in [-0.4, -0.2) is 29.9 Å². The van der Waals surface area contributed by atoms with Gasteiger partial charge in [-0.15, -0.1) is 0 Å². The molecule has 0 aromatic heterocycles. The first kappa shape index (κ1) is 13.5. The van der Waals surface area contributed by atoms with E-state index in [4.69, 9.17) is 5.73 Å². The number of likely N-dealkylation sites (tertiary alicyclic amines) is 1. The summed E-state index contributed by atoms with van der Waals surface area (Å²) in [6, 6.07) is -0.376. The highest BCUT2D eigenvalue weighted by Gasteiger charge is 2.35. The van der Waals surface area contributed by atoms with E-state index in [-0.39, 0.29) is 17.4 Å². The topological polar surface area (TPSA) is 46.3 Å². The van der Waals surface area contributed by atoms with Crippen LogP contribution in [0.25, 0.3) is 0 Å². The van der Waals surface area contributed by atoms with Gasteiger partial charge in [-0.2, -0.15) is 0 Å². The Morgan fingerprint density at radius 2 is 1.94 bits per heavy atom. The molecule has 0 saturated carbocycles. The third kappa shape index (κ3) is 2.97. The highest BCUT2D eigenvalue weighted by molar-refractivity contribution is 5.82. The summed E-state index contributed by atoms with van der Waals surface area (Å²) in [4.78, 5) is 14.1. The molecule has 1 unspecified atom stereocenters. The standard InChI is InChI=1S/C13H26N2O/c1-9(2)10-6-7-15(8-10)12(16)11(14)13(3,4)5/h9-11H,6-8,14H2,1-5H3/t10?,11-/m1/s1. The van der Waals surface area contributed by atoms with Crippen molar-refractivity contribution >= 4 is 5.91 Å². The summed E-state index contributed by atoms with van der Waals surface area (Å²) in [6.07, 6.45) is 1.13. The lowest BCUT2D eigenvalue weighted by atomic mass is 9.86. The Morgan fingerprint density at radius 3 is 2.31 bits per heavy atom. The molecule has 1 fully saturated rings. The second-order valence-electron chi connectivity index (χ2n) is 6.42. The third-order valence-corrected chi connectivity index (χ3v) is 3.68. The monoisotopic (exact) mass is 226 g/mol. The molecule has 1 aliphatic heterocycles. The molecule has 2 N–H and O–H groups in total.